The average Bonchev–Trinajstić information content (AvgIpc) is 2.28. The van der Waals surface area contributed by atoms with Gasteiger partial charge in [0.05, 0.1) is 0 Å². The lowest BCUT2D eigenvalue weighted by atomic mass is 9.89. The molecular formula is C15H23NO. The van der Waals surface area contributed by atoms with Crippen molar-refractivity contribution < 1.29 is 4.79 Å². The minimum Gasteiger partial charge on any atom is -0.309 e. The molecule has 0 radical (unpaired) electrons. The SMILES string of the molecule is CCC(=O)C(CCN(C)C)c1cccc(C)c1. The van der Waals surface area contributed by atoms with E-state index in [4.69, 9.17) is 0 Å². The zero-order valence-corrected chi connectivity index (χ0v) is 11.4. The third kappa shape index (κ3) is 4.31. The number of nitrogens with zero attached hydrogens (tertiary/aromatic N) is 1. The van der Waals surface area contributed by atoms with Gasteiger partial charge in [0.1, 0.15) is 5.78 Å². The number of carbonyl (C=O) groups excluding carboxylic acids is 1. The lowest BCUT2D eigenvalue weighted by Crippen LogP contribution is -2.20. The molecule has 2 nitrogen and oxygen atoms in total. The van der Waals surface area contributed by atoms with E-state index in [0.29, 0.717) is 12.2 Å². The van der Waals surface area contributed by atoms with E-state index in [1.165, 1.54) is 11.1 Å². The molecular weight excluding hydrogens is 210 g/mol. The van der Waals surface area contributed by atoms with Gasteiger partial charge < -0.3 is 4.90 Å². The Morgan fingerprint density at radius 2 is 2.06 bits per heavy atom. The lowest BCUT2D eigenvalue weighted by Gasteiger charge is -2.18. The Balaban J connectivity index is 2.86. The van der Waals surface area contributed by atoms with Gasteiger partial charge in [-0.1, -0.05) is 36.8 Å². The van der Waals surface area contributed by atoms with Gasteiger partial charge in [-0.3, -0.25) is 4.79 Å². The Kier molecular flexibility index (Phi) is 5.36. The van der Waals surface area contributed by atoms with Crippen molar-refractivity contribution in [2.24, 2.45) is 0 Å². The first-order valence-corrected chi connectivity index (χ1v) is 6.28. The van der Waals surface area contributed by atoms with Crippen LogP contribution in [0.3, 0.4) is 0 Å². The van der Waals surface area contributed by atoms with Crippen molar-refractivity contribution >= 4 is 5.78 Å². The number of benzene rings is 1. The average molecular weight is 233 g/mol. The van der Waals surface area contributed by atoms with Crippen molar-refractivity contribution in [3.63, 3.8) is 0 Å². The third-order valence-electron chi connectivity index (χ3n) is 3.05. The van der Waals surface area contributed by atoms with Gasteiger partial charge in [-0.05, 0) is 39.5 Å². The van der Waals surface area contributed by atoms with Gasteiger partial charge in [0.15, 0.2) is 0 Å². The first-order valence-electron chi connectivity index (χ1n) is 6.28. The fraction of sp³-hybridized carbons (Fsp3) is 0.533. The monoisotopic (exact) mass is 233 g/mol. The Bertz CT molecular complexity index is 371. The Morgan fingerprint density at radius 3 is 2.59 bits per heavy atom. The second-order valence-electron chi connectivity index (χ2n) is 4.88. The van der Waals surface area contributed by atoms with Crippen LogP contribution < -0.4 is 0 Å². The molecule has 0 aromatic heterocycles. The number of ketones is 1. The molecule has 17 heavy (non-hydrogen) atoms. The van der Waals surface area contributed by atoms with Gasteiger partial charge in [0, 0.05) is 12.3 Å². The molecule has 0 N–H and O–H groups in total. The number of rotatable bonds is 6. The van der Waals surface area contributed by atoms with Gasteiger partial charge in [-0.2, -0.15) is 0 Å². The summed E-state index contributed by atoms with van der Waals surface area (Å²) in [5.74, 6) is 0.403. The second kappa shape index (κ2) is 6.55. The summed E-state index contributed by atoms with van der Waals surface area (Å²) in [5, 5.41) is 0. The van der Waals surface area contributed by atoms with Crippen LogP contribution in [0.25, 0.3) is 0 Å². The number of hydrogen-bond donors (Lipinski definition) is 0. The summed E-state index contributed by atoms with van der Waals surface area (Å²) in [5.41, 5.74) is 2.39. The summed E-state index contributed by atoms with van der Waals surface area (Å²) in [7, 11) is 4.09. The summed E-state index contributed by atoms with van der Waals surface area (Å²) < 4.78 is 0. The second-order valence-corrected chi connectivity index (χ2v) is 4.88. The lowest BCUT2D eigenvalue weighted by molar-refractivity contribution is -0.120. The summed E-state index contributed by atoms with van der Waals surface area (Å²) in [4.78, 5) is 14.1. The standard InChI is InChI=1S/C15H23NO/c1-5-15(17)14(9-10-16(3)4)13-8-6-7-12(2)11-13/h6-8,11,14H,5,9-10H2,1-4H3. The fourth-order valence-corrected chi connectivity index (χ4v) is 2.03. The maximum Gasteiger partial charge on any atom is 0.140 e. The maximum atomic E-state index is 12.0. The predicted molar refractivity (Wildman–Crippen MR) is 72.4 cm³/mol. The largest absolute Gasteiger partial charge is 0.309 e. The van der Waals surface area contributed by atoms with E-state index in [1.54, 1.807) is 0 Å². The molecule has 1 aromatic rings. The summed E-state index contributed by atoms with van der Waals surface area (Å²) in [6.07, 6.45) is 1.52. The highest BCUT2D eigenvalue weighted by molar-refractivity contribution is 5.85. The molecule has 0 fully saturated rings. The molecule has 94 valence electrons. The highest BCUT2D eigenvalue weighted by Gasteiger charge is 2.18. The molecule has 0 heterocycles. The zero-order valence-electron chi connectivity index (χ0n) is 11.4. The normalized spacial score (nSPS) is 12.8. The molecule has 1 atom stereocenters. The fourth-order valence-electron chi connectivity index (χ4n) is 2.03. The number of hydrogen-bond acceptors (Lipinski definition) is 2. The molecule has 1 rings (SSSR count). The van der Waals surface area contributed by atoms with Crippen LogP contribution in [0.2, 0.25) is 0 Å². The van der Waals surface area contributed by atoms with Crippen molar-refractivity contribution in [3.05, 3.63) is 35.4 Å². The van der Waals surface area contributed by atoms with Crippen LogP contribution in [0.5, 0.6) is 0 Å². The Hall–Kier alpha value is -1.15. The van der Waals surface area contributed by atoms with E-state index in [-0.39, 0.29) is 5.92 Å². The molecule has 0 bridgehead atoms. The van der Waals surface area contributed by atoms with Crippen molar-refractivity contribution in [2.45, 2.75) is 32.6 Å². The van der Waals surface area contributed by atoms with Crippen LogP contribution in [0.15, 0.2) is 24.3 Å². The number of carbonyl (C=O) groups is 1. The highest BCUT2D eigenvalue weighted by Crippen LogP contribution is 2.23. The van der Waals surface area contributed by atoms with Gasteiger partial charge in [-0.15, -0.1) is 0 Å². The molecule has 0 aliphatic rings. The number of Topliss-reactive ketones (excluding diaryl/α,β-unsaturated/α-hetero) is 1. The van der Waals surface area contributed by atoms with E-state index in [2.05, 4.69) is 30.0 Å². The summed E-state index contributed by atoms with van der Waals surface area (Å²) in [6.45, 7) is 4.97. The molecule has 2 heteroatoms. The molecule has 0 saturated carbocycles. The smallest absolute Gasteiger partial charge is 0.140 e. The predicted octanol–water partition coefficient (Wildman–Crippen LogP) is 3.01. The van der Waals surface area contributed by atoms with Gasteiger partial charge in [0.25, 0.3) is 0 Å². The van der Waals surface area contributed by atoms with E-state index in [1.807, 2.05) is 27.1 Å². The summed E-state index contributed by atoms with van der Waals surface area (Å²) in [6, 6.07) is 8.31. The molecule has 1 aromatic carbocycles. The first kappa shape index (κ1) is 13.9. The minimum atomic E-state index is 0.0577. The third-order valence-corrected chi connectivity index (χ3v) is 3.05. The van der Waals surface area contributed by atoms with Crippen molar-refractivity contribution in [2.75, 3.05) is 20.6 Å². The van der Waals surface area contributed by atoms with E-state index < -0.39 is 0 Å². The van der Waals surface area contributed by atoms with Gasteiger partial charge >= 0.3 is 0 Å². The molecule has 1 unspecified atom stereocenters. The van der Waals surface area contributed by atoms with Crippen LogP contribution in [-0.4, -0.2) is 31.3 Å². The van der Waals surface area contributed by atoms with Crippen molar-refractivity contribution in [1.29, 1.82) is 0 Å². The van der Waals surface area contributed by atoms with Crippen LogP contribution in [0.1, 0.15) is 36.8 Å². The van der Waals surface area contributed by atoms with Gasteiger partial charge in [-0.25, -0.2) is 0 Å². The molecule has 0 spiro atoms. The molecule has 0 saturated heterocycles. The minimum absolute atomic E-state index is 0.0577. The maximum absolute atomic E-state index is 12.0. The van der Waals surface area contributed by atoms with E-state index >= 15 is 0 Å². The van der Waals surface area contributed by atoms with Crippen molar-refractivity contribution in [1.82, 2.24) is 4.90 Å². The Labute approximate surface area is 105 Å². The number of aryl methyl sites for hydroxylation is 1. The van der Waals surface area contributed by atoms with Crippen LogP contribution in [0.4, 0.5) is 0 Å². The van der Waals surface area contributed by atoms with Crippen LogP contribution in [0, 0.1) is 6.92 Å². The Morgan fingerprint density at radius 1 is 1.35 bits per heavy atom. The molecule has 0 aliphatic heterocycles. The highest BCUT2D eigenvalue weighted by atomic mass is 16.1. The topological polar surface area (TPSA) is 20.3 Å². The van der Waals surface area contributed by atoms with Gasteiger partial charge in [0.2, 0.25) is 0 Å². The van der Waals surface area contributed by atoms with E-state index in [9.17, 15) is 4.79 Å². The quantitative estimate of drug-likeness (QED) is 0.753. The first-order chi connectivity index (χ1) is 8.04. The molecule has 0 aliphatic carbocycles. The molecule has 0 amide bonds. The van der Waals surface area contributed by atoms with Crippen LogP contribution in [-0.2, 0) is 4.79 Å². The van der Waals surface area contributed by atoms with E-state index in [0.717, 1.165) is 13.0 Å². The van der Waals surface area contributed by atoms with Crippen LogP contribution >= 0.6 is 0 Å². The van der Waals surface area contributed by atoms with Crippen molar-refractivity contribution in [3.8, 4) is 0 Å². The zero-order chi connectivity index (χ0) is 12.8. The summed E-state index contributed by atoms with van der Waals surface area (Å²) >= 11 is 0.